The van der Waals surface area contributed by atoms with Crippen LogP contribution in [0.5, 0.6) is 11.5 Å². The van der Waals surface area contributed by atoms with Crippen LogP contribution in [0.15, 0.2) is 36.4 Å². The van der Waals surface area contributed by atoms with Crippen LogP contribution in [0.3, 0.4) is 0 Å². The van der Waals surface area contributed by atoms with E-state index in [4.69, 9.17) is 32.7 Å². The molecule has 1 aliphatic heterocycles. The van der Waals surface area contributed by atoms with E-state index in [0.717, 1.165) is 5.56 Å². The molecule has 34 heavy (non-hydrogen) atoms. The SMILES string of the molecule is CCC(C)C(NC(=O)Nc1ccc(Cl)c(Cl)c1)C(=O)Nc1nnc(-c2ccc3c(c2)OCO3)s1. The van der Waals surface area contributed by atoms with Gasteiger partial charge in [0.2, 0.25) is 17.8 Å². The maximum absolute atomic E-state index is 13.0. The first-order valence-corrected chi connectivity index (χ1v) is 12.0. The second kappa shape index (κ2) is 10.5. The minimum Gasteiger partial charge on any atom is -0.454 e. The molecule has 2 heterocycles. The first kappa shape index (κ1) is 24.1. The molecule has 2 unspecified atom stereocenters. The van der Waals surface area contributed by atoms with Crippen molar-refractivity contribution >= 4 is 57.3 Å². The van der Waals surface area contributed by atoms with Gasteiger partial charge in [0, 0.05) is 11.3 Å². The molecule has 0 bridgehead atoms. The number of anilines is 2. The highest BCUT2D eigenvalue weighted by Crippen LogP contribution is 2.37. The average molecular weight is 522 g/mol. The summed E-state index contributed by atoms with van der Waals surface area (Å²) in [4.78, 5) is 25.6. The van der Waals surface area contributed by atoms with E-state index in [-0.39, 0.29) is 12.7 Å². The van der Waals surface area contributed by atoms with E-state index in [1.807, 2.05) is 26.0 Å². The Morgan fingerprint density at radius 3 is 2.62 bits per heavy atom. The smallest absolute Gasteiger partial charge is 0.319 e. The third kappa shape index (κ3) is 5.52. The van der Waals surface area contributed by atoms with Crippen molar-refractivity contribution in [3.8, 4) is 22.1 Å². The molecule has 1 aliphatic rings. The molecule has 3 amide bonds. The Balaban J connectivity index is 1.42. The molecule has 12 heteroatoms. The van der Waals surface area contributed by atoms with Gasteiger partial charge < -0.3 is 20.1 Å². The van der Waals surface area contributed by atoms with Gasteiger partial charge in [0.15, 0.2) is 11.5 Å². The fourth-order valence-corrected chi connectivity index (χ4v) is 4.23. The number of hydrogen-bond donors (Lipinski definition) is 3. The summed E-state index contributed by atoms with van der Waals surface area (Å²) in [6.07, 6.45) is 0.670. The lowest BCUT2D eigenvalue weighted by Crippen LogP contribution is -2.49. The second-order valence-electron chi connectivity index (χ2n) is 7.56. The van der Waals surface area contributed by atoms with Crippen LogP contribution in [-0.4, -0.2) is 35.0 Å². The Hall–Kier alpha value is -3.08. The monoisotopic (exact) mass is 521 g/mol. The summed E-state index contributed by atoms with van der Waals surface area (Å²) in [5.41, 5.74) is 1.24. The average Bonchev–Trinajstić information content (AvgIpc) is 3.48. The van der Waals surface area contributed by atoms with Crippen molar-refractivity contribution in [1.29, 1.82) is 0 Å². The summed E-state index contributed by atoms with van der Waals surface area (Å²) >= 11 is 13.1. The van der Waals surface area contributed by atoms with Crippen molar-refractivity contribution in [1.82, 2.24) is 15.5 Å². The number of benzene rings is 2. The molecule has 0 aliphatic carbocycles. The molecule has 4 rings (SSSR count). The van der Waals surface area contributed by atoms with Gasteiger partial charge >= 0.3 is 6.03 Å². The standard InChI is InChI=1S/C22H21Cl2N5O4S/c1-3-11(2)18(26-21(31)25-13-5-6-14(23)15(24)9-13)19(30)27-22-29-28-20(34-22)12-4-7-16-17(8-12)33-10-32-16/h4-9,11,18H,3,10H2,1-2H3,(H2,25,26,31)(H,27,29,30). The van der Waals surface area contributed by atoms with E-state index in [2.05, 4.69) is 26.1 Å². The number of carbonyl (C=O) groups excluding carboxylic acids is 2. The third-order valence-corrected chi connectivity index (χ3v) is 6.86. The Labute approximate surface area is 209 Å². The number of fused-ring (bicyclic) bond motifs is 1. The predicted molar refractivity (Wildman–Crippen MR) is 132 cm³/mol. The van der Waals surface area contributed by atoms with Gasteiger partial charge in [-0.3, -0.25) is 10.1 Å². The number of rotatable bonds is 7. The van der Waals surface area contributed by atoms with Gasteiger partial charge in [-0.2, -0.15) is 0 Å². The normalized spacial score (nSPS) is 13.8. The Bertz CT molecular complexity index is 1220. The molecule has 3 N–H and O–H groups in total. The molecule has 0 fully saturated rings. The van der Waals surface area contributed by atoms with Crippen LogP contribution >= 0.6 is 34.5 Å². The maximum atomic E-state index is 13.0. The highest BCUT2D eigenvalue weighted by atomic mass is 35.5. The second-order valence-corrected chi connectivity index (χ2v) is 9.35. The lowest BCUT2D eigenvalue weighted by Gasteiger charge is -2.23. The van der Waals surface area contributed by atoms with Crippen molar-refractivity contribution in [2.45, 2.75) is 26.3 Å². The summed E-state index contributed by atoms with van der Waals surface area (Å²) in [5.74, 6) is 0.767. The topological polar surface area (TPSA) is 114 Å². The first-order chi connectivity index (χ1) is 16.3. The first-order valence-electron chi connectivity index (χ1n) is 10.4. The van der Waals surface area contributed by atoms with Gasteiger partial charge in [0.1, 0.15) is 11.0 Å². The summed E-state index contributed by atoms with van der Waals surface area (Å²) in [7, 11) is 0. The van der Waals surface area contributed by atoms with Gasteiger partial charge in [-0.1, -0.05) is 54.8 Å². The minimum absolute atomic E-state index is 0.138. The highest BCUT2D eigenvalue weighted by Gasteiger charge is 2.27. The van der Waals surface area contributed by atoms with E-state index in [9.17, 15) is 9.59 Å². The lowest BCUT2D eigenvalue weighted by atomic mass is 9.98. The van der Waals surface area contributed by atoms with E-state index >= 15 is 0 Å². The zero-order valence-corrected chi connectivity index (χ0v) is 20.6. The number of nitrogens with one attached hydrogen (secondary N) is 3. The molecule has 0 spiro atoms. The van der Waals surface area contributed by atoms with Crippen LogP contribution in [0, 0.1) is 5.92 Å². The quantitative estimate of drug-likeness (QED) is 0.382. The summed E-state index contributed by atoms with van der Waals surface area (Å²) in [5, 5.41) is 18.0. The molecule has 0 saturated heterocycles. The van der Waals surface area contributed by atoms with Crippen molar-refractivity contribution in [2.75, 3.05) is 17.4 Å². The fourth-order valence-electron chi connectivity index (χ4n) is 3.19. The molecule has 1 aromatic heterocycles. The zero-order chi connectivity index (χ0) is 24.2. The number of ether oxygens (including phenoxy) is 2. The van der Waals surface area contributed by atoms with Crippen LogP contribution in [-0.2, 0) is 4.79 Å². The molecule has 178 valence electrons. The van der Waals surface area contributed by atoms with Crippen LogP contribution in [0.4, 0.5) is 15.6 Å². The number of amides is 3. The van der Waals surface area contributed by atoms with Crippen molar-refractivity contribution in [3.63, 3.8) is 0 Å². The van der Waals surface area contributed by atoms with Crippen LogP contribution < -0.4 is 25.4 Å². The maximum Gasteiger partial charge on any atom is 0.319 e. The number of carbonyl (C=O) groups is 2. The Morgan fingerprint density at radius 2 is 1.85 bits per heavy atom. The number of nitrogens with zero attached hydrogens (tertiary/aromatic N) is 2. The van der Waals surface area contributed by atoms with Gasteiger partial charge in [0.25, 0.3) is 0 Å². The highest BCUT2D eigenvalue weighted by molar-refractivity contribution is 7.18. The van der Waals surface area contributed by atoms with E-state index in [1.165, 1.54) is 17.4 Å². The summed E-state index contributed by atoms with van der Waals surface area (Å²) in [6, 6.07) is 8.83. The number of halogens is 2. The van der Waals surface area contributed by atoms with Crippen LogP contribution in [0.2, 0.25) is 10.0 Å². The van der Waals surface area contributed by atoms with E-state index in [0.29, 0.717) is 43.8 Å². The number of hydrogen-bond acceptors (Lipinski definition) is 7. The van der Waals surface area contributed by atoms with Gasteiger partial charge in [0.05, 0.1) is 10.0 Å². The van der Waals surface area contributed by atoms with Gasteiger partial charge in [-0.15, -0.1) is 10.2 Å². The Morgan fingerprint density at radius 1 is 1.06 bits per heavy atom. The van der Waals surface area contributed by atoms with E-state index < -0.39 is 18.0 Å². The Kier molecular flexibility index (Phi) is 7.40. The van der Waals surface area contributed by atoms with Gasteiger partial charge in [-0.05, 0) is 42.3 Å². The van der Waals surface area contributed by atoms with Gasteiger partial charge in [-0.25, -0.2) is 4.79 Å². The predicted octanol–water partition coefficient (Wildman–Crippen LogP) is 5.42. The molecular formula is C22H21Cl2N5O4S. The number of aromatic nitrogens is 2. The zero-order valence-electron chi connectivity index (χ0n) is 18.2. The lowest BCUT2D eigenvalue weighted by molar-refractivity contribution is -0.119. The largest absolute Gasteiger partial charge is 0.454 e. The number of urea groups is 1. The van der Waals surface area contributed by atoms with Crippen molar-refractivity contribution in [2.24, 2.45) is 5.92 Å². The van der Waals surface area contributed by atoms with Crippen molar-refractivity contribution in [3.05, 3.63) is 46.4 Å². The molecule has 0 saturated carbocycles. The molecule has 2 aromatic carbocycles. The van der Waals surface area contributed by atoms with Crippen molar-refractivity contribution < 1.29 is 19.1 Å². The summed E-state index contributed by atoms with van der Waals surface area (Å²) < 4.78 is 10.7. The molecule has 2 atom stereocenters. The summed E-state index contributed by atoms with van der Waals surface area (Å²) in [6.45, 7) is 3.99. The van der Waals surface area contributed by atoms with Crippen LogP contribution in [0.25, 0.3) is 10.6 Å². The molecule has 0 radical (unpaired) electrons. The van der Waals surface area contributed by atoms with E-state index in [1.54, 1.807) is 18.2 Å². The molecule has 3 aromatic rings. The molecule has 9 nitrogen and oxygen atoms in total. The minimum atomic E-state index is -0.800. The fraction of sp³-hybridized carbons (Fsp3) is 0.273. The third-order valence-electron chi connectivity index (χ3n) is 5.23. The molecular weight excluding hydrogens is 501 g/mol. The van der Waals surface area contributed by atoms with Crippen LogP contribution in [0.1, 0.15) is 20.3 Å².